The highest BCUT2D eigenvalue weighted by Crippen LogP contribution is 2.40. The molecule has 0 radical (unpaired) electrons. The van der Waals surface area contributed by atoms with Crippen molar-refractivity contribution in [3.63, 3.8) is 0 Å². The standard InChI is InChI=1S/C26H25N7O5/c1-13-5-6-15(25(35)31-37-3)9-19(13)30-24-22-14(2)18(11-33(22)28-12-27-24)21-23(34)17-8-7-16(10-20(17)29-21)26(36)32-38-4/h5-12,29,34H,1-4H3,(H,31,35)(H,32,36)(H,27,28,30). The highest BCUT2D eigenvalue weighted by molar-refractivity contribution is 6.01. The van der Waals surface area contributed by atoms with Gasteiger partial charge in [0, 0.05) is 34.0 Å². The second-order valence-corrected chi connectivity index (χ2v) is 8.60. The highest BCUT2D eigenvalue weighted by atomic mass is 16.6. The average molecular weight is 516 g/mol. The van der Waals surface area contributed by atoms with Crippen LogP contribution < -0.4 is 16.3 Å². The minimum atomic E-state index is -0.402. The number of carbonyl (C=O) groups excluding carboxylic acids is 2. The lowest BCUT2D eigenvalue weighted by atomic mass is 10.1. The van der Waals surface area contributed by atoms with E-state index in [9.17, 15) is 14.7 Å². The number of H-pyrrole nitrogens is 1. The van der Waals surface area contributed by atoms with Crippen LogP contribution in [-0.2, 0) is 9.68 Å². The maximum atomic E-state index is 12.2. The average Bonchev–Trinajstić information content (AvgIpc) is 3.42. The van der Waals surface area contributed by atoms with Gasteiger partial charge in [-0.1, -0.05) is 6.07 Å². The molecule has 0 spiro atoms. The Morgan fingerprint density at radius 1 is 1.00 bits per heavy atom. The zero-order valence-electron chi connectivity index (χ0n) is 21.0. The fraction of sp³-hybridized carbons (Fsp3) is 0.154. The van der Waals surface area contributed by atoms with Crippen molar-refractivity contribution in [1.29, 1.82) is 0 Å². The van der Waals surface area contributed by atoms with E-state index < -0.39 is 5.91 Å². The lowest BCUT2D eigenvalue weighted by molar-refractivity contribution is 0.0533. The summed E-state index contributed by atoms with van der Waals surface area (Å²) in [5.41, 5.74) is 10.2. The molecule has 0 saturated carbocycles. The number of hydrogen-bond donors (Lipinski definition) is 5. The first-order valence-corrected chi connectivity index (χ1v) is 11.5. The molecule has 0 bridgehead atoms. The third-order valence-corrected chi connectivity index (χ3v) is 6.27. The van der Waals surface area contributed by atoms with Crippen molar-refractivity contribution < 1.29 is 24.4 Å². The summed E-state index contributed by atoms with van der Waals surface area (Å²) in [6.45, 7) is 3.82. The zero-order chi connectivity index (χ0) is 27.0. The Morgan fingerprint density at radius 3 is 2.39 bits per heavy atom. The maximum Gasteiger partial charge on any atom is 0.274 e. The summed E-state index contributed by atoms with van der Waals surface area (Å²) >= 11 is 0. The van der Waals surface area contributed by atoms with Crippen molar-refractivity contribution >= 4 is 39.7 Å². The van der Waals surface area contributed by atoms with E-state index >= 15 is 0 Å². The van der Waals surface area contributed by atoms with Crippen LogP contribution in [0.4, 0.5) is 11.5 Å². The number of aromatic nitrogens is 4. The lowest BCUT2D eigenvalue weighted by Gasteiger charge is -2.12. The van der Waals surface area contributed by atoms with Crippen LogP contribution in [0.5, 0.6) is 5.75 Å². The largest absolute Gasteiger partial charge is 0.505 e. The van der Waals surface area contributed by atoms with Crippen molar-refractivity contribution in [1.82, 2.24) is 30.5 Å². The molecule has 5 rings (SSSR count). The summed E-state index contributed by atoms with van der Waals surface area (Å²) in [7, 11) is 2.73. The van der Waals surface area contributed by atoms with Gasteiger partial charge in [-0.15, -0.1) is 0 Å². The van der Waals surface area contributed by atoms with E-state index in [0.717, 1.165) is 11.1 Å². The molecule has 194 valence electrons. The van der Waals surface area contributed by atoms with Crippen LogP contribution in [0, 0.1) is 13.8 Å². The molecule has 2 aromatic carbocycles. The first-order valence-electron chi connectivity index (χ1n) is 11.5. The number of fused-ring (bicyclic) bond motifs is 2. The number of aromatic hydroxyl groups is 1. The molecule has 2 amide bonds. The normalized spacial score (nSPS) is 11.2. The van der Waals surface area contributed by atoms with E-state index in [0.29, 0.717) is 50.3 Å². The molecule has 0 unspecified atom stereocenters. The SMILES string of the molecule is CONC(=O)c1ccc(C)c(Nc2ncnn3cc(-c4[nH]c5cc(C(=O)NOC)ccc5c4O)c(C)c23)c1. The van der Waals surface area contributed by atoms with Crippen LogP contribution in [0.15, 0.2) is 48.9 Å². The van der Waals surface area contributed by atoms with Gasteiger partial charge < -0.3 is 15.4 Å². The number of nitrogens with one attached hydrogen (secondary N) is 4. The van der Waals surface area contributed by atoms with Crippen LogP contribution in [0.1, 0.15) is 31.8 Å². The Balaban J connectivity index is 1.57. The van der Waals surface area contributed by atoms with Crippen LogP contribution in [0.3, 0.4) is 0 Å². The molecule has 0 saturated heterocycles. The quantitative estimate of drug-likeness (QED) is 0.206. The summed E-state index contributed by atoms with van der Waals surface area (Å²) in [6.07, 6.45) is 3.21. The first kappa shape index (κ1) is 24.7. The highest BCUT2D eigenvalue weighted by Gasteiger charge is 2.21. The molecule has 3 heterocycles. The predicted octanol–water partition coefficient (Wildman–Crippen LogP) is 3.53. The smallest absolute Gasteiger partial charge is 0.274 e. The van der Waals surface area contributed by atoms with Gasteiger partial charge in [-0.05, 0) is 55.3 Å². The van der Waals surface area contributed by atoms with E-state index in [1.165, 1.54) is 20.5 Å². The Labute approximate surface area is 216 Å². The van der Waals surface area contributed by atoms with Gasteiger partial charge in [0.05, 0.1) is 25.4 Å². The number of anilines is 2. The van der Waals surface area contributed by atoms with E-state index in [4.69, 9.17) is 9.68 Å². The monoisotopic (exact) mass is 515 g/mol. The molecule has 5 N–H and O–H groups in total. The van der Waals surface area contributed by atoms with E-state index in [1.54, 1.807) is 41.0 Å². The van der Waals surface area contributed by atoms with Gasteiger partial charge in [-0.2, -0.15) is 5.10 Å². The number of amides is 2. The Kier molecular flexibility index (Phi) is 6.41. The number of hydrogen-bond acceptors (Lipinski definition) is 8. The molecule has 12 heteroatoms. The van der Waals surface area contributed by atoms with E-state index in [-0.39, 0.29) is 11.7 Å². The number of rotatable bonds is 7. The second kappa shape index (κ2) is 9.84. The Bertz CT molecular complexity index is 1710. The molecular formula is C26H25N7O5. The summed E-state index contributed by atoms with van der Waals surface area (Å²) in [6, 6.07) is 10.2. The topological polar surface area (TPSA) is 155 Å². The van der Waals surface area contributed by atoms with Crippen molar-refractivity contribution in [2.45, 2.75) is 13.8 Å². The van der Waals surface area contributed by atoms with Crippen molar-refractivity contribution in [2.75, 3.05) is 19.5 Å². The summed E-state index contributed by atoms with van der Waals surface area (Å²) < 4.78 is 1.67. The Hall–Kier alpha value is -4.94. The molecule has 12 nitrogen and oxygen atoms in total. The molecule has 3 aromatic heterocycles. The fourth-order valence-corrected chi connectivity index (χ4v) is 4.35. The minimum Gasteiger partial charge on any atom is -0.505 e. The predicted molar refractivity (Wildman–Crippen MR) is 140 cm³/mol. The number of benzene rings is 2. The van der Waals surface area contributed by atoms with Gasteiger partial charge in [0.15, 0.2) is 5.82 Å². The molecule has 0 aliphatic carbocycles. The number of aromatic amines is 1. The van der Waals surface area contributed by atoms with Gasteiger partial charge in [0.1, 0.15) is 17.6 Å². The molecule has 0 atom stereocenters. The first-order chi connectivity index (χ1) is 18.3. The summed E-state index contributed by atoms with van der Waals surface area (Å²) in [5.74, 6) is -0.208. The maximum absolute atomic E-state index is 12.2. The zero-order valence-corrected chi connectivity index (χ0v) is 21.0. The number of nitrogens with zero attached hydrogens (tertiary/aromatic N) is 3. The van der Waals surface area contributed by atoms with Gasteiger partial charge in [-0.25, -0.2) is 20.5 Å². The third kappa shape index (κ3) is 4.27. The van der Waals surface area contributed by atoms with Crippen LogP contribution in [0.25, 0.3) is 27.7 Å². The molecular weight excluding hydrogens is 490 g/mol. The summed E-state index contributed by atoms with van der Waals surface area (Å²) in [4.78, 5) is 41.5. The van der Waals surface area contributed by atoms with Crippen molar-refractivity contribution in [3.8, 4) is 17.0 Å². The Morgan fingerprint density at radius 2 is 1.68 bits per heavy atom. The van der Waals surface area contributed by atoms with E-state index in [2.05, 4.69) is 31.3 Å². The number of hydroxylamine groups is 2. The van der Waals surface area contributed by atoms with Crippen molar-refractivity contribution in [2.24, 2.45) is 0 Å². The molecule has 38 heavy (non-hydrogen) atoms. The van der Waals surface area contributed by atoms with Gasteiger partial charge >= 0.3 is 0 Å². The van der Waals surface area contributed by atoms with Crippen LogP contribution in [0.2, 0.25) is 0 Å². The fourth-order valence-electron chi connectivity index (χ4n) is 4.35. The minimum absolute atomic E-state index is 0.0490. The van der Waals surface area contributed by atoms with Gasteiger partial charge in [-0.3, -0.25) is 19.3 Å². The van der Waals surface area contributed by atoms with Crippen LogP contribution in [-0.4, -0.2) is 50.7 Å². The molecule has 0 aliphatic rings. The second-order valence-electron chi connectivity index (χ2n) is 8.60. The molecule has 0 aliphatic heterocycles. The molecule has 0 fully saturated rings. The molecule has 5 aromatic rings. The van der Waals surface area contributed by atoms with Crippen LogP contribution >= 0.6 is 0 Å². The van der Waals surface area contributed by atoms with Gasteiger partial charge in [0.25, 0.3) is 11.8 Å². The number of carbonyl (C=O) groups is 2. The van der Waals surface area contributed by atoms with Crippen molar-refractivity contribution in [3.05, 3.63) is 71.2 Å². The van der Waals surface area contributed by atoms with Gasteiger partial charge in [0.2, 0.25) is 0 Å². The third-order valence-electron chi connectivity index (χ3n) is 6.27. The van der Waals surface area contributed by atoms with E-state index in [1.807, 2.05) is 19.9 Å². The summed E-state index contributed by atoms with van der Waals surface area (Å²) in [5, 5.41) is 19.2. The lowest BCUT2D eigenvalue weighted by Crippen LogP contribution is -2.21. The number of aryl methyl sites for hydroxylation is 2.